The van der Waals surface area contributed by atoms with E-state index < -0.39 is 6.03 Å². The maximum Gasteiger partial charge on any atom is 0.329 e. The number of halogens is 1. The molecule has 0 atom stereocenters. The molecular formula is C21H19BrN2O4. The van der Waals surface area contributed by atoms with Crippen LogP contribution < -0.4 is 14.8 Å². The third-order valence-electron chi connectivity index (χ3n) is 4.09. The van der Waals surface area contributed by atoms with Gasteiger partial charge in [-0.05, 0) is 29.3 Å². The van der Waals surface area contributed by atoms with E-state index in [4.69, 9.17) is 9.47 Å². The van der Waals surface area contributed by atoms with Crippen LogP contribution in [0.5, 0.6) is 11.5 Å². The quantitative estimate of drug-likeness (QED) is 0.397. The molecule has 1 aliphatic rings. The lowest BCUT2D eigenvalue weighted by Gasteiger charge is -2.12. The number of carbonyl (C=O) groups excluding carboxylic acids is 2. The Kier molecular flexibility index (Phi) is 6.16. The molecular weight excluding hydrogens is 424 g/mol. The third-order valence-corrected chi connectivity index (χ3v) is 4.77. The summed E-state index contributed by atoms with van der Waals surface area (Å²) in [6.07, 6.45) is 3.24. The first-order valence-corrected chi connectivity index (χ1v) is 9.32. The van der Waals surface area contributed by atoms with Crippen LogP contribution in [0.25, 0.3) is 6.08 Å². The van der Waals surface area contributed by atoms with Crippen molar-refractivity contribution in [2.45, 2.75) is 6.54 Å². The van der Waals surface area contributed by atoms with Crippen molar-refractivity contribution in [3.63, 3.8) is 0 Å². The molecule has 0 aliphatic carbocycles. The molecule has 0 saturated carbocycles. The zero-order chi connectivity index (χ0) is 20.1. The van der Waals surface area contributed by atoms with E-state index >= 15 is 0 Å². The number of hydrogen-bond donors (Lipinski definition) is 1. The van der Waals surface area contributed by atoms with Crippen LogP contribution in [0.15, 0.2) is 65.3 Å². The largest absolute Gasteiger partial charge is 0.493 e. The molecule has 2 aromatic carbocycles. The molecule has 144 valence electrons. The molecule has 2 aromatic rings. The molecule has 1 heterocycles. The highest BCUT2D eigenvalue weighted by atomic mass is 79.9. The van der Waals surface area contributed by atoms with E-state index in [1.54, 1.807) is 24.3 Å². The Morgan fingerprint density at radius 3 is 2.61 bits per heavy atom. The molecule has 1 saturated heterocycles. The predicted octanol–water partition coefficient (Wildman–Crippen LogP) is 4.12. The number of nitrogens with one attached hydrogen (secondary N) is 1. The number of rotatable bonds is 7. The lowest BCUT2D eigenvalue weighted by atomic mass is 10.1. The number of ether oxygens (including phenoxy) is 2. The molecule has 0 bridgehead atoms. The summed E-state index contributed by atoms with van der Waals surface area (Å²) in [4.78, 5) is 26.1. The van der Waals surface area contributed by atoms with E-state index in [2.05, 4.69) is 27.8 Å². The van der Waals surface area contributed by atoms with Gasteiger partial charge in [0.15, 0.2) is 11.5 Å². The van der Waals surface area contributed by atoms with Crippen LogP contribution in [-0.4, -0.2) is 30.6 Å². The van der Waals surface area contributed by atoms with Crippen molar-refractivity contribution in [1.29, 1.82) is 0 Å². The zero-order valence-electron chi connectivity index (χ0n) is 15.3. The number of methoxy groups -OCH3 is 1. The molecule has 7 heteroatoms. The summed E-state index contributed by atoms with van der Waals surface area (Å²) in [6, 6.07) is 12.4. The summed E-state index contributed by atoms with van der Waals surface area (Å²) >= 11 is 3.47. The van der Waals surface area contributed by atoms with Crippen molar-refractivity contribution in [2.75, 3.05) is 13.7 Å². The number of hydrogen-bond acceptors (Lipinski definition) is 4. The molecule has 0 radical (unpaired) electrons. The Balaban J connectivity index is 1.86. The molecule has 6 nitrogen and oxygen atoms in total. The summed E-state index contributed by atoms with van der Waals surface area (Å²) in [6.45, 7) is 4.17. The summed E-state index contributed by atoms with van der Waals surface area (Å²) < 4.78 is 11.6. The molecule has 1 fully saturated rings. The van der Waals surface area contributed by atoms with Gasteiger partial charge in [-0.3, -0.25) is 9.69 Å². The minimum absolute atomic E-state index is 0.198. The van der Waals surface area contributed by atoms with Crippen molar-refractivity contribution < 1.29 is 19.1 Å². The van der Waals surface area contributed by atoms with Gasteiger partial charge in [0.05, 0.1) is 13.7 Å². The average molecular weight is 443 g/mol. The average Bonchev–Trinajstić information content (AvgIpc) is 2.96. The Labute approximate surface area is 171 Å². The maximum atomic E-state index is 12.7. The Hall–Kier alpha value is -3.06. The predicted molar refractivity (Wildman–Crippen MR) is 110 cm³/mol. The van der Waals surface area contributed by atoms with Gasteiger partial charge in [-0.15, -0.1) is 0 Å². The van der Waals surface area contributed by atoms with Crippen molar-refractivity contribution in [1.82, 2.24) is 10.2 Å². The normalized spacial score (nSPS) is 14.9. The smallest absolute Gasteiger partial charge is 0.329 e. The molecule has 0 aromatic heterocycles. The fourth-order valence-corrected chi connectivity index (χ4v) is 3.16. The van der Waals surface area contributed by atoms with Crippen LogP contribution >= 0.6 is 15.9 Å². The first kappa shape index (κ1) is 19.7. The van der Waals surface area contributed by atoms with E-state index in [0.29, 0.717) is 28.1 Å². The van der Waals surface area contributed by atoms with E-state index in [0.717, 1.165) is 5.56 Å². The lowest BCUT2D eigenvalue weighted by Crippen LogP contribution is -2.30. The number of amides is 3. The second-order valence-corrected chi connectivity index (χ2v) is 6.84. The minimum atomic E-state index is -0.450. The molecule has 0 unspecified atom stereocenters. The van der Waals surface area contributed by atoms with Crippen LogP contribution in [0.2, 0.25) is 0 Å². The van der Waals surface area contributed by atoms with Crippen LogP contribution in [0, 0.1) is 0 Å². The van der Waals surface area contributed by atoms with Gasteiger partial charge in [0.25, 0.3) is 5.91 Å². The first-order valence-electron chi connectivity index (χ1n) is 8.53. The van der Waals surface area contributed by atoms with E-state index in [1.165, 1.54) is 12.0 Å². The van der Waals surface area contributed by atoms with Gasteiger partial charge in [-0.2, -0.15) is 0 Å². The van der Waals surface area contributed by atoms with Gasteiger partial charge in [0.2, 0.25) is 0 Å². The molecule has 3 amide bonds. The number of imide groups is 1. The number of carbonyl (C=O) groups is 2. The van der Waals surface area contributed by atoms with Crippen molar-refractivity contribution in [2.24, 2.45) is 0 Å². The molecule has 28 heavy (non-hydrogen) atoms. The molecule has 3 rings (SSSR count). The SMILES string of the molecule is C=CCOc1cc(Br)c(/C=C2/NC(=O)N(Cc3ccccc3)C2=O)cc1OC. The van der Waals surface area contributed by atoms with Crippen LogP contribution in [0.4, 0.5) is 4.79 Å². The highest BCUT2D eigenvalue weighted by Crippen LogP contribution is 2.35. The summed E-state index contributed by atoms with van der Waals surface area (Å²) in [5.74, 6) is 0.672. The van der Waals surface area contributed by atoms with Gasteiger partial charge in [-0.1, -0.05) is 58.9 Å². The topological polar surface area (TPSA) is 67.9 Å². The fraction of sp³-hybridized carbons (Fsp3) is 0.143. The highest BCUT2D eigenvalue weighted by molar-refractivity contribution is 9.10. The van der Waals surface area contributed by atoms with Crippen LogP contribution in [0.3, 0.4) is 0 Å². The van der Waals surface area contributed by atoms with E-state index in [-0.39, 0.29) is 18.1 Å². The second-order valence-electron chi connectivity index (χ2n) is 5.99. The Bertz CT molecular complexity index is 941. The number of benzene rings is 2. The van der Waals surface area contributed by atoms with Crippen molar-refractivity contribution in [3.05, 3.63) is 76.4 Å². The first-order chi connectivity index (χ1) is 13.5. The standard InChI is InChI=1S/C21H19BrN2O4/c1-3-9-28-19-12-16(22)15(11-18(19)27-2)10-17-20(25)24(21(26)23-17)13-14-7-5-4-6-8-14/h3-8,10-12H,1,9,13H2,2H3,(H,23,26)/b17-10+. The number of urea groups is 1. The van der Waals surface area contributed by atoms with Crippen LogP contribution in [0.1, 0.15) is 11.1 Å². The second kappa shape index (κ2) is 8.75. The Morgan fingerprint density at radius 1 is 1.18 bits per heavy atom. The summed E-state index contributed by atoms with van der Waals surface area (Å²) in [5.41, 5.74) is 1.75. The number of nitrogens with zero attached hydrogens (tertiary/aromatic N) is 1. The van der Waals surface area contributed by atoms with Crippen molar-refractivity contribution in [3.8, 4) is 11.5 Å². The van der Waals surface area contributed by atoms with Crippen LogP contribution in [-0.2, 0) is 11.3 Å². The van der Waals surface area contributed by atoms with Crippen molar-refractivity contribution >= 4 is 33.9 Å². The minimum Gasteiger partial charge on any atom is -0.493 e. The molecule has 1 N–H and O–H groups in total. The van der Waals surface area contributed by atoms with E-state index in [9.17, 15) is 9.59 Å². The molecule has 0 spiro atoms. The molecule has 1 aliphatic heterocycles. The van der Waals surface area contributed by atoms with Gasteiger partial charge in [0, 0.05) is 4.47 Å². The summed E-state index contributed by atoms with van der Waals surface area (Å²) in [7, 11) is 1.53. The van der Waals surface area contributed by atoms with Gasteiger partial charge >= 0.3 is 6.03 Å². The van der Waals surface area contributed by atoms with Gasteiger partial charge in [0.1, 0.15) is 12.3 Å². The van der Waals surface area contributed by atoms with E-state index in [1.807, 2.05) is 30.3 Å². The summed E-state index contributed by atoms with van der Waals surface area (Å²) in [5, 5.41) is 2.63. The van der Waals surface area contributed by atoms with Gasteiger partial charge < -0.3 is 14.8 Å². The highest BCUT2D eigenvalue weighted by Gasteiger charge is 2.33. The maximum absolute atomic E-state index is 12.7. The van der Waals surface area contributed by atoms with Gasteiger partial charge in [-0.25, -0.2) is 4.79 Å². The monoisotopic (exact) mass is 442 g/mol. The zero-order valence-corrected chi connectivity index (χ0v) is 16.9. The lowest BCUT2D eigenvalue weighted by molar-refractivity contribution is -0.123. The fourth-order valence-electron chi connectivity index (χ4n) is 2.72. The third kappa shape index (κ3) is 4.26. The Morgan fingerprint density at radius 2 is 1.93 bits per heavy atom.